The van der Waals surface area contributed by atoms with Gasteiger partial charge in [0.05, 0.1) is 13.7 Å². The Hall–Kier alpha value is -1.71. The van der Waals surface area contributed by atoms with E-state index in [1.165, 1.54) is 0 Å². The third kappa shape index (κ3) is 3.66. The molecule has 4 heteroatoms. The van der Waals surface area contributed by atoms with E-state index in [1.807, 2.05) is 20.8 Å². The summed E-state index contributed by atoms with van der Waals surface area (Å²) in [6.45, 7) is 6.18. The molecule has 1 aromatic rings. The minimum Gasteiger partial charge on any atom is -0.493 e. The first-order valence-electron chi connectivity index (χ1n) is 5.70. The van der Waals surface area contributed by atoms with Crippen molar-refractivity contribution in [3.63, 3.8) is 0 Å². The maximum atomic E-state index is 11.5. The molecule has 17 heavy (non-hydrogen) atoms. The number of methoxy groups -OCH3 is 1. The third-order valence-electron chi connectivity index (χ3n) is 2.26. The van der Waals surface area contributed by atoms with Gasteiger partial charge in [0.15, 0.2) is 11.5 Å². The number of carbonyl (C=O) groups is 1. The van der Waals surface area contributed by atoms with Gasteiger partial charge < -0.3 is 14.8 Å². The highest BCUT2D eigenvalue weighted by molar-refractivity contribution is 5.92. The summed E-state index contributed by atoms with van der Waals surface area (Å²) in [6, 6.07) is 5.34. The van der Waals surface area contributed by atoms with Crippen LogP contribution in [-0.4, -0.2) is 19.6 Å². The lowest BCUT2D eigenvalue weighted by Crippen LogP contribution is -2.17. The van der Waals surface area contributed by atoms with Crippen LogP contribution in [0, 0.1) is 5.92 Å². The lowest BCUT2D eigenvalue weighted by molar-refractivity contribution is -0.118. The molecule has 0 aromatic heterocycles. The van der Waals surface area contributed by atoms with E-state index in [2.05, 4.69) is 5.32 Å². The van der Waals surface area contributed by atoms with Crippen molar-refractivity contribution >= 4 is 11.6 Å². The Morgan fingerprint density at radius 3 is 2.59 bits per heavy atom. The van der Waals surface area contributed by atoms with Crippen molar-refractivity contribution < 1.29 is 14.3 Å². The SMILES string of the molecule is CCOc1ccc(NC(=O)C(C)C)cc1OC. The van der Waals surface area contributed by atoms with E-state index in [-0.39, 0.29) is 11.8 Å². The van der Waals surface area contributed by atoms with E-state index in [0.29, 0.717) is 23.8 Å². The summed E-state index contributed by atoms with van der Waals surface area (Å²) in [5, 5.41) is 2.81. The Morgan fingerprint density at radius 1 is 1.35 bits per heavy atom. The summed E-state index contributed by atoms with van der Waals surface area (Å²) in [5.74, 6) is 1.23. The van der Waals surface area contributed by atoms with Gasteiger partial charge in [0.1, 0.15) is 0 Å². The molecule has 1 aromatic carbocycles. The number of amides is 1. The van der Waals surface area contributed by atoms with Crippen molar-refractivity contribution in [1.29, 1.82) is 0 Å². The molecule has 1 N–H and O–H groups in total. The van der Waals surface area contributed by atoms with Crippen LogP contribution in [0.4, 0.5) is 5.69 Å². The molecule has 0 saturated carbocycles. The summed E-state index contributed by atoms with van der Waals surface area (Å²) >= 11 is 0. The Labute approximate surface area is 102 Å². The highest BCUT2D eigenvalue weighted by Crippen LogP contribution is 2.30. The Kier molecular flexibility index (Phi) is 4.82. The fourth-order valence-electron chi connectivity index (χ4n) is 1.31. The minimum absolute atomic E-state index is 0.0174. The topological polar surface area (TPSA) is 47.6 Å². The van der Waals surface area contributed by atoms with Gasteiger partial charge in [0, 0.05) is 17.7 Å². The van der Waals surface area contributed by atoms with Gasteiger partial charge in [-0.1, -0.05) is 13.8 Å². The van der Waals surface area contributed by atoms with Crippen molar-refractivity contribution in [2.75, 3.05) is 19.0 Å². The zero-order valence-electron chi connectivity index (χ0n) is 10.7. The molecular formula is C13H19NO3. The number of ether oxygens (including phenoxy) is 2. The predicted octanol–water partition coefficient (Wildman–Crippen LogP) is 2.69. The van der Waals surface area contributed by atoms with Gasteiger partial charge >= 0.3 is 0 Å². The zero-order valence-corrected chi connectivity index (χ0v) is 10.7. The van der Waals surface area contributed by atoms with Crippen LogP contribution >= 0.6 is 0 Å². The molecular weight excluding hydrogens is 218 g/mol. The lowest BCUT2D eigenvalue weighted by atomic mass is 10.2. The minimum atomic E-state index is -0.0486. The Morgan fingerprint density at radius 2 is 2.06 bits per heavy atom. The molecule has 0 atom stereocenters. The van der Waals surface area contributed by atoms with Crippen LogP contribution in [0.1, 0.15) is 20.8 Å². The first-order chi connectivity index (χ1) is 8.08. The molecule has 0 aliphatic carbocycles. The molecule has 0 radical (unpaired) electrons. The zero-order chi connectivity index (χ0) is 12.8. The Bertz CT molecular complexity index is 388. The highest BCUT2D eigenvalue weighted by atomic mass is 16.5. The molecule has 0 unspecified atom stereocenters. The largest absolute Gasteiger partial charge is 0.493 e. The summed E-state index contributed by atoms with van der Waals surface area (Å²) in [7, 11) is 1.58. The number of nitrogens with one attached hydrogen (secondary N) is 1. The second-order valence-electron chi connectivity index (χ2n) is 3.94. The Balaban J connectivity index is 2.85. The normalized spacial score (nSPS) is 10.2. The van der Waals surface area contributed by atoms with Crippen molar-refractivity contribution in [3.8, 4) is 11.5 Å². The maximum Gasteiger partial charge on any atom is 0.226 e. The van der Waals surface area contributed by atoms with E-state index in [1.54, 1.807) is 25.3 Å². The van der Waals surface area contributed by atoms with Crippen LogP contribution in [0.15, 0.2) is 18.2 Å². The molecule has 4 nitrogen and oxygen atoms in total. The maximum absolute atomic E-state index is 11.5. The smallest absolute Gasteiger partial charge is 0.226 e. The number of hydrogen-bond acceptors (Lipinski definition) is 3. The van der Waals surface area contributed by atoms with Crippen molar-refractivity contribution in [1.82, 2.24) is 0 Å². The molecule has 0 aliphatic rings. The quantitative estimate of drug-likeness (QED) is 0.856. The fourth-order valence-corrected chi connectivity index (χ4v) is 1.31. The number of benzene rings is 1. The second-order valence-corrected chi connectivity index (χ2v) is 3.94. The monoisotopic (exact) mass is 237 g/mol. The molecule has 0 bridgehead atoms. The molecule has 0 heterocycles. The van der Waals surface area contributed by atoms with Crippen molar-refractivity contribution in [2.45, 2.75) is 20.8 Å². The summed E-state index contributed by atoms with van der Waals surface area (Å²) < 4.78 is 10.6. The van der Waals surface area contributed by atoms with Gasteiger partial charge in [-0.05, 0) is 19.1 Å². The van der Waals surface area contributed by atoms with Crippen LogP contribution < -0.4 is 14.8 Å². The van der Waals surface area contributed by atoms with Crippen LogP contribution in [-0.2, 0) is 4.79 Å². The van der Waals surface area contributed by atoms with Crippen LogP contribution in [0.25, 0.3) is 0 Å². The first-order valence-corrected chi connectivity index (χ1v) is 5.70. The van der Waals surface area contributed by atoms with Gasteiger partial charge in [-0.3, -0.25) is 4.79 Å². The van der Waals surface area contributed by atoms with Gasteiger partial charge in [0.2, 0.25) is 5.91 Å². The predicted molar refractivity (Wildman–Crippen MR) is 67.6 cm³/mol. The van der Waals surface area contributed by atoms with E-state index in [4.69, 9.17) is 9.47 Å². The number of carbonyl (C=O) groups excluding carboxylic acids is 1. The van der Waals surface area contributed by atoms with Crippen LogP contribution in [0.2, 0.25) is 0 Å². The molecule has 0 spiro atoms. The summed E-state index contributed by atoms with van der Waals surface area (Å²) in [6.07, 6.45) is 0. The third-order valence-corrected chi connectivity index (χ3v) is 2.26. The van der Waals surface area contributed by atoms with Gasteiger partial charge in [0.25, 0.3) is 0 Å². The summed E-state index contributed by atoms with van der Waals surface area (Å²) in [4.78, 5) is 11.5. The molecule has 0 aliphatic heterocycles. The van der Waals surface area contributed by atoms with Gasteiger partial charge in [-0.2, -0.15) is 0 Å². The van der Waals surface area contributed by atoms with Crippen LogP contribution in [0.5, 0.6) is 11.5 Å². The van der Waals surface area contributed by atoms with Gasteiger partial charge in [-0.15, -0.1) is 0 Å². The summed E-state index contributed by atoms with van der Waals surface area (Å²) in [5.41, 5.74) is 0.712. The highest BCUT2D eigenvalue weighted by Gasteiger charge is 2.10. The van der Waals surface area contributed by atoms with Crippen LogP contribution in [0.3, 0.4) is 0 Å². The number of hydrogen-bond donors (Lipinski definition) is 1. The fraction of sp³-hybridized carbons (Fsp3) is 0.462. The molecule has 0 fully saturated rings. The van der Waals surface area contributed by atoms with E-state index >= 15 is 0 Å². The standard InChI is InChI=1S/C13H19NO3/c1-5-17-11-7-6-10(8-12(11)16-4)14-13(15)9(2)3/h6-9H,5H2,1-4H3,(H,14,15). The van der Waals surface area contributed by atoms with Crippen molar-refractivity contribution in [2.24, 2.45) is 5.92 Å². The van der Waals surface area contributed by atoms with E-state index in [0.717, 1.165) is 0 Å². The number of anilines is 1. The average Bonchev–Trinajstić information content (AvgIpc) is 2.31. The average molecular weight is 237 g/mol. The molecule has 0 saturated heterocycles. The molecule has 1 rings (SSSR count). The van der Waals surface area contributed by atoms with Crippen molar-refractivity contribution in [3.05, 3.63) is 18.2 Å². The van der Waals surface area contributed by atoms with Gasteiger partial charge in [-0.25, -0.2) is 0 Å². The second kappa shape index (κ2) is 6.13. The lowest BCUT2D eigenvalue weighted by Gasteiger charge is -2.12. The van der Waals surface area contributed by atoms with E-state index < -0.39 is 0 Å². The van der Waals surface area contributed by atoms with E-state index in [9.17, 15) is 4.79 Å². The first kappa shape index (κ1) is 13.4. The molecule has 94 valence electrons. The number of rotatable bonds is 5. The molecule has 1 amide bonds.